The number of urea groups is 1. The average molecular weight is 336 g/mol. The minimum atomic E-state index is -4.68. The number of thiophene rings is 1. The van der Waals surface area contributed by atoms with Crippen LogP contribution >= 0.6 is 11.3 Å². The first-order valence-electron chi connectivity index (χ1n) is 5.87. The van der Waals surface area contributed by atoms with Crippen LogP contribution < -0.4 is 5.32 Å². The number of alkyl halides is 3. The third-order valence-electron chi connectivity index (χ3n) is 2.54. The maximum atomic E-state index is 12.4. The zero-order chi connectivity index (χ0) is 16.3. The van der Waals surface area contributed by atoms with Crippen molar-refractivity contribution in [3.8, 4) is 11.4 Å². The second-order valence-corrected chi connectivity index (χ2v) is 4.99. The van der Waals surface area contributed by atoms with Crippen LogP contribution in [0.15, 0.2) is 16.0 Å². The summed E-state index contributed by atoms with van der Waals surface area (Å²) in [5.41, 5.74) is 0.368. The third-order valence-corrected chi connectivity index (χ3v) is 3.46. The molecule has 0 aliphatic carbocycles. The molecule has 0 fully saturated rings. The van der Waals surface area contributed by atoms with Gasteiger partial charge in [0.2, 0.25) is 5.82 Å². The summed E-state index contributed by atoms with van der Waals surface area (Å²) in [5.74, 6) is -1.57. The smallest absolute Gasteiger partial charge is 0.339 e. The second kappa shape index (κ2) is 6.32. The van der Waals surface area contributed by atoms with Gasteiger partial charge in [0.1, 0.15) is 0 Å². The van der Waals surface area contributed by atoms with Crippen molar-refractivity contribution in [2.75, 3.05) is 14.2 Å². The monoisotopic (exact) mass is 336 g/mol. The van der Waals surface area contributed by atoms with Crippen molar-refractivity contribution in [1.82, 2.24) is 20.5 Å². The van der Waals surface area contributed by atoms with E-state index < -0.39 is 18.1 Å². The summed E-state index contributed by atoms with van der Waals surface area (Å²) in [6.45, 7) is 0.130. The molecule has 0 saturated carbocycles. The Hall–Kier alpha value is -2.14. The minimum absolute atomic E-state index is 0.130. The van der Waals surface area contributed by atoms with Gasteiger partial charge < -0.3 is 9.84 Å². The average Bonchev–Trinajstić information content (AvgIpc) is 3.11. The van der Waals surface area contributed by atoms with E-state index in [2.05, 4.69) is 20.0 Å². The summed E-state index contributed by atoms with van der Waals surface area (Å²) in [6, 6.07) is 1.11. The summed E-state index contributed by atoms with van der Waals surface area (Å²) in [6.07, 6.45) is -4.68. The maximum Gasteiger partial charge on any atom is 0.471 e. The Balaban J connectivity index is 2.14. The molecule has 0 bridgehead atoms. The van der Waals surface area contributed by atoms with Crippen LogP contribution in [0.4, 0.5) is 18.0 Å². The predicted molar refractivity (Wildman–Crippen MR) is 69.6 cm³/mol. The fraction of sp³-hybridized carbons (Fsp3) is 0.364. The molecule has 22 heavy (non-hydrogen) atoms. The minimum Gasteiger partial charge on any atom is -0.339 e. The van der Waals surface area contributed by atoms with E-state index in [1.54, 1.807) is 11.4 Å². The number of carbonyl (C=O) groups excluding carboxylic acids is 1. The molecule has 1 N–H and O–H groups in total. The number of aromatic nitrogens is 2. The van der Waals surface area contributed by atoms with Gasteiger partial charge in [-0.15, -0.1) is 11.3 Å². The number of hydrogen-bond acceptors (Lipinski definition) is 6. The molecule has 0 unspecified atom stereocenters. The lowest BCUT2D eigenvalue weighted by Crippen LogP contribution is -2.36. The topological polar surface area (TPSA) is 80.5 Å². The molecule has 2 rings (SSSR count). The van der Waals surface area contributed by atoms with Crippen LogP contribution in [-0.4, -0.2) is 35.4 Å². The normalized spacial score (nSPS) is 11.5. The van der Waals surface area contributed by atoms with Gasteiger partial charge in [0.15, 0.2) is 0 Å². The molecule has 0 aliphatic rings. The Morgan fingerprint density at radius 3 is 2.82 bits per heavy atom. The molecule has 7 nitrogen and oxygen atoms in total. The lowest BCUT2D eigenvalue weighted by atomic mass is 10.3. The van der Waals surface area contributed by atoms with E-state index in [0.29, 0.717) is 10.4 Å². The molecule has 11 heteroatoms. The number of carbonyl (C=O) groups is 1. The first-order valence-corrected chi connectivity index (χ1v) is 6.75. The number of rotatable bonds is 4. The van der Waals surface area contributed by atoms with Crippen molar-refractivity contribution >= 4 is 17.4 Å². The highest BCUT2D eigenvalue weighted by Crippen LogP contribution is 2.30. The molecule has 0 spiro atoms. The maximum absolute atomic E-state index is 12.4. The molecule has 2 heterocycles. The largest absolute Gasteiger partial charge is 0.471 e. The number of nitrogens with one attached hydrogen (secondary N) is 1. The van der Waals surface area contributed by atoms with Gasteiger partial charge >= 0.3 is 18.1 Å². The molecule has 0 radical (unpaired) electrons. The predicted octanol–water partition coefficient (Wildman–Crippen LogP) is 2.52. The lowest BCUT2D eigenvalue weighted by molar-refractivity contribution is -0.159. The van der Waals surface area contributed by atoms with Gasteiger partial charge in [-0.3, -0.25) is 4.84 Å². The van der Waals surface area contributed by atoms with Crippen LogP contribution in [0.1, 0.15) is 10.8 Å². The zero-order valence-corrected chi connectivity index (χ0v) is 12.3. The Morgan fingerprint density at radius 1 is 1.55 bits per heavy atom. The fourth-order valence-corrected chi connectivity index (χ4v) is 2.36. The van der Waals surface area contributed by atoms with E-state index in [4.69, 9.17) is 4.84 Å². The van der Waals surface area contributed by atoms with Crippen LogP contribution in [0.5, 0.6) is 0 Å². The van der Waals surface area contributed by atoms with Gasteiger partial charge in [0, 0.05) is 22.9 Å². The van der Waals surface area contributed by atoms with Crippen LogP contribution in [0, 0.1) is 0 Å². The molecule has 0 atom stereocenters. The van der Waals surface area contributed by atoms with E-state index in [0.717, 1.165) is 5.06 Å². The molecule has 0 aromatic carbocycles. The molecule has 2 aromatic heterocycles. The van der Waals surface area contributed by atoms with Crippen molar-refractivity contribution in [3.63, 3.8) is 0 Å². The summed E-state index contributed by atoms with van der Waals surface area (Å²) < 4.78 is 41.4. The van der Waals surface area contributed by atoms with Gasteiger partial charge in [0.25, 0.3) is 0 Å². The van der Waals surface area contributed by atoms with Crippen molar-refractivity contribution in [3.05, 3.63) is 22.2 Å². The van der Waals surface area contributed by atoms with Crippen LogP contribution in [0.2, 0.25) is 0 Å². The van der Waals surface area contributed by atoms with Gasteiger partial charge in [-0.05, 0) is 6.07 Å². The summed E-state index contributed by atoms with van der Waals surface area (Å²) >= 11 is 1.23. The number of halogens is 3. The highest BCUT2D eigenvalue weighted by atomic mass is 32.1. The first-order chi connectivity index (χ1) is 10.3. The summed E-state index contributed by atoms with van der Waals surface area (Å²) in [5, 5.41) is 8.32. The lowest BCUT2D eigenvalue weighted by Gasteiger charge is -2.17. The highest BCUT2D eigenvalue weighted by molar-refractivity contribution is 7.10. The van der Waals surface area contributed by atoms with Gasteiger partial charge in [-0.25, -0.2) is 4.79 Å². The Morgan fingerprint density at radius 2 is 2.27 bits per heavy atom. The standard InChI is InChI=1S/C11H11F3N4O3S/c1-15-10(19)18(20-2)4-7-3-6(5-22-7)8-16-9(21-17-8)11(12,13)14/h3,5H,4H2,1-2H3,(H,15,19). The van der Waals surface area contributed by atoms with E-state index in [9.17, 15) is 18.0 Å². The molecular weight excluding hydrogens is 325 g/mol. The van der Waals surface area contributed by atoms with Gasteiger partial charge in [-0.2, -0.15) is 23.2 Å². The van der Waals surface area contributed by atoms with Crippen molar-refractivity contribution in [1.29, 1.82) is 0 Å². The zero-order valence-electron chi connectivity index (χ0n) is 11.5. The Labute approximate surface area is 126 Å². The summed E-state index contributed by atoms with van der Waals surface area (Å²) in [7, 11) is 2.78. The van der Waals surface area contributed by atoms with Crippen molar-refractivity contribution in [2.45, 2.75) is 12.7 Å². The SMILES string of the molecule is CNC(=O)N(Cc1cc(-c2noc(C(F)(F)F)n2)cs1)OC. The quantitative estimate of drug-likeness (QED) is 0.868. The van der Waals surface area contributed by atoms with E-state index in [-0.39, 0.29) is 12.4 Å². The van der Waals surface area contributed by atoms with Gasteiger partial charge in [-0.1, -0.05) is 5.16 Å². The van der Waals surface area contributed by atoms with Crippen LogP contribution in [-0.2, 0) is 17.6 Å². The molecule has 0 saturated heterocycles. The molecule has 2 amide bonds. The number of amides is 2. The molecule has 120 valence electrons. The van der Waals surface area contributed by atoms with E-state index >= 15 is 0 Å². The summed E-state index contributed by atoms with van der Waals surface area (Å²) in [4.78, 5) is 20.3. The Bertz CT molecular complexity index is 655. The van der Waals surface area contributed by atoms with Gasteiger partial charge in [0.05, 0.1) is 13.7 Å². The van der Waals surface area contributed by atoms with Crippen molar-refractivity contribution in [2.24, 2.45) is 0 Å². The van der Waals surface area contributed by atoms with E-state index in [1.807, 2.05) is 0 Å². The highest BCUT2D eigenvalue weighted by Gasteiger charge is 2.38. The van der Waals surface area contributed by atoms with Crippen LogP contribution in [0.3, 0.4) is 0 Å². The number of hydrogen-bond donors (Lipinski definition) is 1. The number of hydroxylamine groups is 2. The Kier molecular flexibility index (Phi) is 4.66. The number of nitrogens with zero attached hydrogens (tertiary/aromatic N) is 3. The van der Waals surface area contributed by atoms with Crippen molar-refractivity contribution < 1.29 is 27.3 Å². The van der Waals surface area contributed by atoms with Crippen LogP contribution in [0.25, 0.3) is 11.4 Å². The van der Waals surface area contributed by atoms with E-state index in [1.165, 1.54) is 25.5 Å². The molecular formula is C11H11F3N4O3S. The first kappa shape index (κ1) is 16.2. The second-order valence-electron chi connectivity index (χ2n) is 4.00. The molecule has 0 aliphatic heterocycles. The molecule has 2 aromatic rings. The fourth-order valence-electron chi connectivity index (χ4n) is 1.52. The third kappa shape index (κ3) is 3.54.